The SMILES string of the molecule is CCCNC(Cc1cccnc1)c1ncc(C)cc1C. The molecule has 1 unspecified atom stereocenters. The first-order valence-electron chi connectivity index (χ1n) is 7.26. The lowest BCUT2D eigenvalue weighted by molar-refractivity contribution is 0.514. The van der Waals surface area contributed by atoms with Gasteiger partial charge in [0.2, 0.25) is 0 Å². The highest BCUT2D eigenvalue weighted by atomic mass is 14.9. The number of rotatable bonds is 6. The van der Waals surface area contributed by atoms with Crippen molar-refractivity contribution in [1.82, 2.24) is 15.3 Å². The van der Waals surface area contributed by atoms with Crippen molar-refractivity contribution in [2.75, 3.05) is 6.54 Å². The Morgan fingerprint density at radius 2 is 2.10 bits per heavy atom. The van der Waals surface area contributed by atoms with Gasteiger partial charge in [-0.25, -0.2) is 0 Å². The van der Waals surface area contributed by atoms with E-state index in [0.717, 1.165) is 25.1 Å². The lowest BCUT2D eigenvalue weighted by atomic mass is 10.00. The first-order chi connectivity index (χ1) is 9.70. The van der Waals surface area contributed by atoms with Gasteiger partial charge in [0.1, 0.15) is 0 Å². The molecule has 0 fully saturated rings. The van der Waals surface area contributed by atoms with Crippen LogP contribution in [0.5, 0.6) is 0 Å². The van der Waals surface area contributed by atoms with Crippen molar-refractivity contribution in [3.63, 3.8) is 0 Å². The predicted molar refractivity (Wildman–Crippen MR) is 82.7 cm³/mol. The Labute approximate surface area is 121 Å². The summed E-state index contributed by atoms with van der Waals surface area (Å²) in [6.45, 7) is 7.40. The zero-order valence-corrected chi connectivity index (χ0v) is 12.6. The third kappa shape index (κ3) is 3.87. The highest BCUT2D eigenvalue weighted by Gasteiger charge is 2.15. The molecule has 0 amide bonds. The molecule has 106 valence electrons. The Kier molecular flexibility index (Phi) is 5.24. The molecule has 2 aromatic heterocycles. The Hall–Kier alpha value is -1.74. The first kappa shape index (κ1) is 14.7. The second-order valence-corrected chi connectivity index (χ2v) is 5.29. The number of nitrogens with zero attached hydrogens (tertiary/aromatic N) is 2. The maximum atomic E-state index is 4.64. The van der Waals surface area contributed by atoms with Crippen molar-refractivity contribution in [3.8, 4) is 0 Å². The van der Waals surface area contributed by atoms with E-state index in [1.54, 1.807) is 0 Å². The molecule has 2 rings (SSSR count). The predicted octanol–water partition coefficient (Wildman–Crippen LogP) is 3.38. The Balaban J connectivity index is 2.22. The second-order valence-electron chi connectivity index (χ2n) is 5.29. The number of nitrogens with one attached hydrogen (secondary N) is 1. The van der Waals surface area contributed by atoms with E-state index in [9.17, 15) is 0 Å². The van der Waals surface area contributed by atoms with Gasteiger partial charge in [-0.1, -0.05) is 19.1 Å². The normalized spacial score (nSPS) is 12.3. The van der Waals surface area contributed by atoms with Crippen LogP contribution in [0.4, 0.5) is 0 Å². The molecule has 0 aliphatic rings. The average molecular weight is 269 g/mol. The van der Waals surface area contributed by atoms with Crippen molar-refractivity contribution in [2.24, 2.45) is 0 Å². The summed E-state index contributed by atoms with van der Waals surface area (Å²) >= 11 is 0. The molecule has 0 spiro atoms. The van der Waals surface area contributed by atoms with Gasteiger partial charge in [-0.2, -0.15) is 0 Å². The largest absolute Gasteiger partial charge is 0.308 e. The molecule has 3 nitrogen and oxygen atoms in total. The molecule has 0 aliphatic heterocycles. The first-order valence-corrected chi connectivity index (χ1v) is 7.26. The van der Waals surface area contributed by atoms with Crippen LogP contribution in [0.1, 0.15) is 41.8 Å². The van der Waals surface area contributed by atoms with Gasteiger partial charge in [0.15, 0.2) is 0 Å². The van der Waals surface area contributed by atoms with Crippen molar-refractivity contribution in [3.05, 3.63) is 59.2 Å². The molecule has 2 aromatic rings. The lowest BCUT2D eigenvalue weighted by Gasteiger charge is -2.20. The molecule has 2 heterocycles. The average Bonchev–Trinajstić information content (AvgIpc) is 2.45. The van der Waals surface area contributed by atoms with Gasteiger partial charge in [-0.3, -0.25) is 9.97 Å². The summed E-state index contributed by atoms with van der Waals surface area (Å²) in [5.74, 6) is 0. The number of hydrogen-bond donors (Lipinski definition) is 1. The molecule has 0 saturated heterocycles. The Morgan fingerprint density at radius 1 is 1.25 bits per heavy atom. The molecule has 0 bridgehead atoms. The van der Waals surface area contributed by atoms with Crippen LogP contribution in [0.25, 0.3) is 0 Å². The Morgan fingerprint density at radius 3 is 2.75 bits per heavy atom. The topological polar surface area (TPSA) is 37.8 Å². The van der Waals surface area contributed by atoms with Gasteiger partial charge in [0, 0.05) is 18.6 Å². The third-order valence-electron chi connectivity index (χ3n) is 3.39. The van der Waals surface area contributed by atoms with Gasteiger partial charge in [-0.05, 0) is 56.0 Å². The highest BCUT2D eigenvalue weighted by molar-refractivity contribution is 5.27. The fourth-order valence-corrected chi connectivity index (χ4v) is 2.43. The van der Waals surface area contributed by atoms with E-state index in [1.165, 1.54) is 16.7 Å². The third-order valence-corrected chi connectivity index (χ3v) is 3.39. The van der Waals surface area contributed by atoms with Gasteiger partial charge in [0.05, 0.1) is 11.7 Å². The molecule has 3 heteroatoms. The van der Waals surface area contributed by atoms with E-state index >= 15 is 0 Å². The minimum Gasteiger partial charge on any atom is -0.308 e. The highest BCUT2D eigenvalue weighted by Crippen LogP contribution is 2.20. The van der Waals surface area contributed by atoms with Crippen molar-refractivity contribution >= 4 is 0 Å². The van der Waals surface area contributed by atoms with Crippen LogP contribution >= 0.6 is 0 Å². The molecular weight excluding hydrogens is 246 g/mol. The second kappa shape index (κ2) is 7.15. The number of aromatic nitrogens is 2. The summed E-state index contributed by atoms with van der Waals surface area (Å²) in [6.07, 6.45) is 7.74. The van der Waals surface area contributed by atoms with Gasteiger partial charge in [-0.15, -0.1) is 0 Å². The van der Waals surface area contributed by atoms with Crippen molar-refractivity contribution in [2.45, 2.75) is 39.7 Å². The summed E-state index contributed by atoms with van der Waals surface area (Å²) in [5.41, 5.74) is 4.85. The number of hydrogen-bond acceptors (Lipinski definition) is 3. The van der Waals surface area contributed by atoms with Gasteiger partial charge >= 0.3 is 0 Å². The maximum Gasteiger partial charge on any atom is 0.0605 e. The summed E-state index contributed by atoms with van der Waals surface area (Å²) in [6, 6.07) is 6.56. The number of pyridine rings is 2. The fourth-order valence-electron chi connectivity index (χ4n) is 2.43. The summed E-state index contributed by atoms with van der Waals surface area (Å²) in [7, 11) is 0. The smallest absolute Gasteiger partial charge is 0.0605 e. The molecule has 0 saturated carbocycles. The van der Waals surface area contributed by atoms with Crippen molar-refractivity contribution < 1.29 is 0 Å². The molecule has 20 heavy (non-hydrogen) atoms. The van der Waals surface area contributed by atoms with E-state index in [2.05, 4.69) is 48.2 Å². The van der Waals surface area contributed by atoms with E-state index in [0.29, 0.717) is 0 Å². The minimum absolute atomic E-state index is 0.250. The van der Waals surface area contributed by atoms with Crippen LogP contribution in [0.15, 0.2) is 36.8 Å². The van der Waals surface area contributed by atoms with E-state index < -0.39 is 0 Å². The quantitative estimate of drug-likeness (QED) is 0.873. The fraction of sp³-hybridized carbons (Fsp3) is 0.412. The zero-order chi connectivity index (χ0) is 14.4. The van der Waals surface area contributed by atoms with E-state index in [-0.39, 0.29) is 6.04 Å². The van der Waals surface area contributed by atoms with Crippen LogP contribution in [0.3, 0.4) is 0 Å². The molecule has 1 N–H and O–H groups in total. The molecular formula is C17H23N3. The summed E-state index contributed by atoms with van der Waals surface area (Å²) < 4.78 is 0. The maximum absolute atomic E-state index is 4.64. The molecule has 0 aliphatic carbocycles. The van der Waals surface area contributed by atoms with E-state index in [1.807, 2.05) is 24.7 Å². The minimum atomic E-state index is 0.250. The zero-order valence-electron chi connectivity index (χ0n) is 12.6. The number of aryl methyl sites for hydroxylation is 2. The monoisotopic (exact) mass is 269 g/mol. The standard InChI is InChI=1S/C17H23N3/c1-4-7-19-16(10-15-6-5-8-18-12-15)17-14(3)9-13(2)11-20-17/h5-6,8-9,11-12,16,19H,4,7,10H2,1-3H3. The van der Waals surface area contributed by atoms with Crippen LogP contribution in [0, 0.1) is 13.8 Å². The summed E-state index contributed by atoms with van der Waals surface area (Å²) in [4.78, 5) is 8.84. The van der Waals surface area contributed by atoms with Crippen molar-refractivity contribution in [1.29, 1.82) is 0 Å². The van der Waals surface area contributed by atoms with E-state index in [4.69, 9.17) is 0 Å². The Bertz CT molecular complexity index is 537. The van der Waals surface area contributed by atoms with Crippen LogP contribution in [-0.4, -0.2) is 16.5 Å². The molecule has 0 aromatic carbocycles. The van der Waals surface area contributed by atoms with Gasteiger partial charge in [0.25, 0.3) is 0 Å². The molecule has 0 radical (unpaired) electrons. The molecule has 1 atom stereocenters. The van der Waals surface area contributed by atoms with Crippen LogP contribution in [-0.2, 0) is 6.42 Å². The summed E-state index contributed by atoms with van der Waals surface area (Å²) in [5, 5.41) is 3.60. The van der Waals surface area contributed by atoms with Crippen LogP contribution in [0.2, 0.25) is 0 Å². The lowest BCUT2D eigenvalue weighted by Crippen LogP contribution is -2.25. The van der Waals surface area contributed by atoms with Crippen LogP contribution < -0.4 is 5.32 Å². The van der Waals surface area contributed by atoms with Gasteiger partial charge < -0.3 is 5.32 Å².